The van der Waals surface area contributed by atoms with Crippen LogP contribution in [0.4, 0.5) is 5.69 Å². The standard InChI is InChI=1S/C22H25N5O3S/c1-15-11-19(26-10-4-5-22(26)28)7-8-20(15)31(29,30)24-14-18-6-9-21(23-13-18)27-17(3)12-16(2)25-27/h6-9,11-13,24H,4-5,10,14H2,1-3H3. The van der Waals surface area contributed by atoms with Crippen molar-refractivity contribution in [1.29, 1.82) is 0 Å². The minimum Gasteiger partial charge on any atom is -0.312 e. The van der Waals surface area contributed by atoms with Crippen LogP contribution in [0.5, 0.6) is 0 Å². The fraction of sp³-hybridized carbons (Fsp3) is 0.318. The minimum absolute atomic E-state index is 0.0737. The summed E-state index contributed by atoms with van der Waals surface area (Å²) in [7, 11) is -3.71. The lowest BCUT2D eigenvalue weighted by molar-refractivity contribution is -0.117. The maximum Gasteiger partial charge on any atom is 0.241 e. The molecule has 0 bridgehead atoms. The average molecular weight is 440 g/mol. The molecule has 2 aromatic heterocycles. The Labute approximate surface area is 182 Å². The Morgan fingerprint density at radius 2 is 1.90 bits per heavy atom. The molecule has 1 aliphatic rings. The molecule has 1 aromatic carbocycles. The third-order valence-corrected chi connectivity index (χ3v) is 6.90. The average Bonchev–Trinajstić information content (AvgIpc) is 3.31. The van der Waals surface area contributed by atoms with Crippen LogP contribution in [0.1, 0.15) is 35.4 Å². The Balaban J connectivity index is 1.46. The second-order valence-electron chi connectivity index (χ2n) is 7.79. The highest BCUT2D eigenvalue weighted by atomic mass is 32.2. The number of anilines is 1. The van der Waals surface area contributed by atoms with Crippen LogP contribution in [0.25, 0.3) is 5.82 Å². The van der Waals surface area contributed by atoms with E-state index in [4.69, 9.17) is 0 Å². The zero-order valence-electron chi connectivity index (χ0n) is 17.8. The molecule has 0 spiro atoms. The summed E-state index contributed by atoms with van der Waals surface area (Å²) in [5.74, 6) is 0.754. The molecule has 3 heterocycles. The van der Waals surface area contributed by atoms with E-state index in [1.807, 2.05) is 32.0 Å². The van der Waals surface area contributed by atoms with Crippen LogP contribution in [-0.4, -0.2) is 35.6 Å². The Morgan fingerprint density at radius 1 is 1.10 bits per heavy atom. The van der Waals surface area contributed by atoms with Gasteiger partial charge in [0.2, 0.25) is 15.9 Å². The SMILES string of the molecule is Cc1cc(C)n(-c2ccc(CNS(=O)(=O)c3ccc(N4CCCC4=O)cc3C)cn2)n1. The number of aromatic nitrogens is 3. The third-order valence-electron chi connectivity index (χ3n) is 5.34. The molecule has 1 aliphatic heterocycles. The molecule has 0 atom stereocenters. The molecule has 1 fully saturated rings. The summed E-state index contributed by atoms with van der Waals surface area (Å²) >= 11 is 0. The van der Waals surface area contributed by atoms with Crippen LogP contribution in [-0.2, 0) is 21.4 Å². The highest BCUT2D eigenvalue weighted by molar-refractivity contribution is 7.89. The molecule has 0 aliphatic carbocycles. The Hall–Kier alpha value is -3.04. The summed E-state index contributed by atoms with van der Waals surface area (Å²) in [6, 6.07) is 10.6. The minimum atomic E-state index is -3.71. The third kappa shape index (κ3) is 4.38. The second-order valence-corrected chi connectivity index (χ2v) is 9.52. The van der Waals surface area contributed by atoms with Gasteiger partial charge in [-0.25, -0.2) is 22.8 Å². The molecule has 1 saturated heterocycles. The lowest BCUT2D eigenvalue weighted by Crippen LogP contribution is -2.26. The van der Waals surface area contributed by atoms with Crippen molar-refractivity contribution in [3.8, 4) is 5.82 Å². The fourth-order valence-electron chi connectivity index (χ4n) is 3.79. The molecule has 4 rings (SSSR count). The Morgan fingerprint density at radius 3 is 2.48 bits per heavy atom. The highest BCUT2D eigenvalue weighted by Gasteiger charge is 2.24. The van der Waals surface area contributed by atoms with Crippen molar-refractivity contribution in [3.05, 3.63) is 65.1 Å². The van der Waals surface area contributed by atoms with E-state index in [-0.39, 0.29) is 17.3 Å². The number of hydrogen-bond donors (Lipinski definition) is 1. The van der Waals surface area contributed by atoms with Crippen LogP contribution in [0.2, 0.25) is 0 Å². The summed E-state index contributed by atoms with van der Waals surface area (Å²) in [5, 5.41) is 4.40. The number of benzene rings is 1. The van der Waals surface area contributed by atoms with Crippen LogP contribution in [0.3, 0.4) is 0 Å². The van der Waals surface area contributed by atoms with Gasteiger partial charge in [-0.3, -0.25) is 4.79 Å². The number of amides is 1. The molecule has 1 N–H and O–H groups in total. The van der Waals surface area contributed by atoms with Gasteiger partial charge in [0, 0.05) is 37.1 Å². The van der Waals surface area contributed by atoms with Crippen LogP contribution in [0, 0.1) is 20.8 Å². The largest absolute Gasteiger partial charge is 0.312 e. The van der Waals surface area contributed by atoms with E-state index in [2.05, 4.69) is 14.8 Å². The number of carbonyl (C=O) groups excluding carboxylic acids is 1. The maximum atomic E-state index is 12.8. The topological polar surface area (TPSA) is 97.2 Å². The number of rotatable bonds is 6. The number of carbonyl (C=O) groups is 1. The van der Waals surface area contributed by atoms with E-state index in [1.165, 1.54) is 0 Å². The number of pyridine rings is 1. The van der Waals surface area contributed by atoms with Crippen molar-refractivity contribution in [1.82, 2.24) is 19.5 Å². The maximum absolute atomic E-state index is 12.8. The zero-order valence-corrected chi connectivity index (χ0v) is 18.6. The smallest absolute Gasteiger partial charge is 0.241 e. The van der Waals surface area contributed by atoms with Crippen molar-refractivity contribution in [2.45, 2.75) is 45.1 Å². The van der Waals surface area contributed by atoms with Crippen molar-refractivity contribution in [2.75, 3.05) is 11.4 Å². The van der Waals surface area contributed by atoms with E-state index >= 15 is 0 Å². The molecule has 0 unspecified atom stereocenters. The van der Waals surface area contributed by atoms with Crippen molar-refractivity contribution in [2.24, 2.45) is 0 Å². The number of hydrogen-bond acceptors (Lipinski definition) is 5. The van der Waals surface area contributed by atoms with E-state index in [0.29, 0.717) is 24.3 Å². The van der Waals surface area contributed by atoms with Crippen LogP contribution < -0.4 is 9.62 Å². The Bertz CT molecular complexity index is 1230. The van der Waals surface area contributed by atoms with E-state index < -0.39 is 10.0 Å². The lowest BCUT2D eigenvalue weighted by Gasteiger charge is -2.17. The monoisotopic (exact) mass is 439 g/mol. The predicted molar refractivity (Wildman–Crippen MR) is 118 cm³/mol. The molecule has 9 heteroatoms. The first-order valence-electron chi connectivity index (χ1n) is 10.1. The fourth-order valence-corrected chi connectivity index (χ4v) is 5.03. The normalized spacial score (nSPS) is 14.4. The molecule has 0 radical (unpaired) electrons. The van der Waals surface area contributed by atoms with Crippen LogP contribution in [0.15, 0.2) is 47.5 Å². The van der Waals surface area contributed by atoms with E-state index in [9.17, 15) is 13.2 Å². The first-order chi connectivity index (χ1) is 14.7. The zero-order chi connectivity index (χ0) is 22.2. The number of sulfonamides is 1. The highest BCUT2D eigenvalue weighted by Crippen LogP contribution is 2.26. The first kappa shape index (κ1) is 21.2. The van der Waals surface area contributed by atoms with Gasteiger partial charge in [-0.05, 0) is 68.7 Å². The van der Waals surface area contributed by atoms with Gasteiger partial charge in [0.1, 0.15) is 0 Å². The van der Waals surface area contributed by atoms with E-state index in [0.717, 1.165) is 29.1 Å². The summed E-state index contributed by atoms with van der Waals surface area (Å²) < 4.78 is 30.0. The molecule has 31 heavy (non-hydrogen) atoms. The molecule has 3 aromatic rings. The summed E-state index contributed by atoms with van der Waals surface area (Å²) in [6.07, 6.45) is 3.00. The number of nitrogens with one attached hydrogen (secondary N) is 1. The summed E-state index contributed by atoms with van der Waals surface area (Å²) in [5.41, 5.74) is 3.97. The molecular formula is C22H25N5O3S. The molecule has 0 saturated carbocycles. The molecule has 8 nitrogen and oxygen atoms in total. The number of nitrogens with zero attached hydrogens (tertiary/aromatic N) is 4. The van der Waals surface area contributed by atoms with Gasteiger partial charge in [-0.1, -0.05) is 6.07 Å². The van der Waals surface area contributed by atoms with Gasteiger partial charge in [0.15, 0.2) is 5.82 Å². The van der Waals surface area contributed by atoms with Crippen LogP contribution >= 0.6 is 0 Å². The second kappa shape index (κ2) is 8.24. The van der Waals surface area contributed by atoms with Gasteiger partial charge in [-0.2, -0.15) is 5.10 Å². The van der Waals surface area contributed by atoms with Gasteiger partial charge >= 0.3 is 0 Å². The molecular weight excluding hydrogens is 414 g/mol. The van der Waals surface area contributed by atoms with E-state index in [1.54, 1.807) is 40.9 Å². The van der Waals surface area contributed by atoms with Crippen molar-refractivity contribution >= 4 is 21.6 Å². The van der Waals surface area contributed by atoms with Gasteiger partial charge < -0.3 is 4.90 Å². The van der Waals surface area contributed by atoms with Gasteiger partial charge in [0.25, 0.3) is 0 Å². The van der Waals surface area contributed by atoms with Gasteiger partial charge in [-0.15, -0.1) is 0 Å². The molecule has 1 amide bonds. The summed E-state index contributed by atoms with van der Waals surface area (Å²) in [4.78, 5) is 18.3. The lowest BCUT2D eigenvalue weighted by atomic mass is 10.2. The number of aryl methyl sites for hydroxylation is 3. The van der Waals surface area contributed by atoms with Crippen molar-refractivity contribution < 1.29 is 13.2 Å². The predicted octanol–water partition coefficient (Wildman–Crippen LogP) is 2.80. The molecule has 162 valence electrons. The van der Waals surface area contributed by atoms with Gasteiger partial charge in [0.05, 0.1) is 10.6 Å². The first-order valence-corrected chi connectivity index (χ1v) is 11.6. The Kier molecular flexibility index (Phi) is 5.63. The quantitative estimate of drug-likeness (QED) is 0.637. The summed E-state index contributed by atoms with van der Waals surface area (Å²) in [6.45, 7) is 6.41. The van der Waals surface area contributed by atoms with Crippen molar-refractivity contribution in [3.63, 3.8) is 0 Å².